The first-order chi connectivity index (χ1) is 3.63. The maximum atomic E-state index is 9.55. The van der Waals surface area contributed by atoms with E-state index in [-0.39, 0.29) is 22.4 Å². The van der Waals surface area contributed by atoms with Gasteiger partial charge in [0.1, 0.15) is 0 Å². The molecule has 0 rings (SSSR count). The van der Waals surface area contributed by atoms with Crippen LogP contribution in [0, 0.1) is 0 Å². The Hall–Kier alpha value is -0.580. The van der Waals surface area contributed by atoms with Crippen LogP contribution in [-0.2, 0) is 32.0 Å². The summed E-state index contributed by atoms with van der Waals surface area (Å²) in [4.78, 5) is 19.1. The van der Waals surface area contributed by atoms with Crippen LogP contribution in [0.25, 0.3) is 0 Å². The fourth-order valence-corrected chi connectivity index (χ4v) is 0.143. The molecule has 0 saturated heterocycles. The van der Waals surface area contributed by atoms with E-state index in [2.05, 4.69) is 0 Å². The number of rotatable bonds is 2. The van der Waals surface area contributed by atoms with E-state index in [0.29, 0.717) is 12.2 Å². The average molecular weight is 297 g/mol. The third-order valence-corrected chi connectivity index (χ3v) is 0.368. The molecule has 1 radical (unpaired) electrons. The molecule has 0 aromatic carbocycles. The van der Waals surface area contributed by atoms with Crippen LogP contribution in [0.2, 0.25) is 0 Å². The molecule has 0 atom stereocenters. The summed E-state index contributed by atoms with van der Waals surface area (Å²) in [5, 5.41) is 15.6. The Morgan fingerprint density at radius 1 is 1.00 bits per heavy atom. The second kappa shape index (κ2) is 5.56. The van der Waals surface area contributed by atoms with E-state index in [9.17, 15) is 9.59 Å². The number of carboxylic acids is 2. The minimum Gasteiger partial charge on any atom is -0.478 e. The van der Waals surface area contributed by atoms with E-state index in [1.54, 1.807) is 0 Å². The second-order valence-electron chi connectivity index (χ2n) is 1.01. The molecule has 0 amide bonds. The van der Waals surface area contributed by atoms with Crippen molar-refractivity contribution in [3.63, 3.8) is 0 Å². The van der Waals surface area contributed by atoms with Gasteiger partial charge < -0.3 is 10.2 Å². The van der Waals surface area contributed by atoms with Gasteiger partial charge in [0.15, 0.2) is 0 Å². The molecule has 9 heavy (non-hydrogen) atoms. The molecule has 4 nitrogen and oxygen atoms in total. The van der Waals surface area contributed by atoms with E-state index in [1.165, 1.54) is 0 Å². The molecule has 0 saturated carbocycles. The van der Waals surface area contributed by atoms with Gasteiger partial charge in [0, 0.05) is 34.5 Å². The van der Waals surface area contributed by atoms with Crippen molar-refractivity contribution in [2.24, 2.45) is 0 Å². The molecule has 0 fully saturated rings. The Balaban J connectivity index is 0. The molecule has 0 bridgehead atoms. The quantitative estimate of drug-likeness (QED) is 0.687. The maximum Gasteiger partial charge on any atom is 0.328 e. The number of hydrogen-bond donors (Lipinski definition) is 2. The smallest absolute Gasteiger partial charge is 0.328 e. The number of aliphatic carboxylic acids is 2. The molecule has 0 aromatic rings. The van der Waals surface area contributed by atoms with Gasteiger partial charge in [0.05, 0.1) is 0 Å². The molecular weight excluding hydrogens is 293 g/mol. The van der Waals surface area contributed by atoms with Crippen LogP contribution < -0.4 is 0 Å². The molecule has 0 unspecified atom stereocenters. The SMILES string of the molecule is O=C(O)/C=C/C(=O)O.[Ta]. The van der Waals surface area contributed by atoms with Crippen molar-refractivity contribution >= 4 is 11.9 Å². The normalized spacial score (nSPS) is 8.44. The topological polar surface area (TPSA) is 74.6 Å². The molecular formula is C4H4O4Ta. The predicted octanol–water partition coefficient (Wildman–Crippen LogP) is -0.291. The Kier molecular flexibility index (Phi) is 6.94. The van der Waals surface area contributed by atoms with Crippen molar-refractivity contribution in [1.82, 2.24) is 0 Å². The second-order valence-corrected chi connectivity index (χ2v) is 1.01. The zero-order valence-electron chi connectivity index (χ0n) is 4.31. The van der Waals surface area contributed by atoms with E-state index in [1.807, 2.05) is 0 Å². The molecule has 49 valence electrons. The van der Waals surface area contributed by atoms with Gasteiger partial charge in [-0.1, -0.05) is 0 Å². The average Bonchev–Trinajstić information content (AvgIpc) is 1.61. The van der Waals surface area contributed by atoms with E-state index in [0.717, 1.165) is 0 Å². The van der Waals surface area contributed by atoms with Crippen molar-refractivity contribution in [3.8, 4) is 0 Å². The molecule has 0 aliphatic rings. The Labute approximate surface area is 66.7 Å². The Morgan fingerprint density at radius 2 is 1.22 bits per heavy atom. The van der Waals surface area contributed by atoms with Gasteiger partial charge in [0.2, 0.25) is 0 Å². The molecule has 0 heterocycles. The van der Waals surface area contributed by atoms with Gasteiger partial charge in [-0.3, -0.25) is 0 Å². The van der Waals surface area contributed by atoms with Crippen LogP contribution >= 0.6 is 0 Å². The third kappa shape index (κ3) is 11.2. The summed E-state index contributed by atoms with van der Waals surface area (Å²) in [5.41, 5.74) is 0. The zero-order chi connectivity index (χ0) is 6.57. The summed E-state index contributed by atoms with van der Waals surface area (Å²) < 4.78 is 0. The number of hydrogen-bond acceptors (Lipinski definition) is 2. The van der Waals surface area contributed by atoms with Crippen molar-refractivity contribution in [3.05, 3.63) is 12.2 Å². The van der Waals surface area contributed by atoms with Crippen molar-refractivity contribution in [2.45, 2.75) is 0 Å². The van der Waals surface area contributed by atoms with Crippen LogP contribution in [0.3, 0.4) is 0 Å². The van der Waals surface area contributed by atoms with Gasteiger partial charge in [-0.2, -0.15) is 0 Å². The summed E-state index contributed by atoms with van der Waals surface area (Å²) in [7, 11) is 0. The summed E-state index contributed by atoms with van der Waals surface area (Å²) in [6.45, 7) is 0. The first-order valence-corrected chi connectivity index (χ1v) is 1.77. The molecule has 0 aliphatic carbocycles. The fourth-order valence-electron chi connectivity index (χ4n) is 0.143. The summed E-state index contributed by atoms with van der Waals surface area (Å²) in [6.07, 6.45) is 1.12. The molecule has 0 spiro atoms. The largest absolute Gasteiger partial charge is 0.478 e. The van der Waals surface area contributed by atoms with Gasteiger partial charge in [0.25, 0.3) is 0 Å². The minimum atomic E-state index is -1.26. The number of carboxylic acid groups (broad SMARTS) is 2. The summed E-state index contributed by atoms with van der Waals surface area (Å²) in [5.74, 6) is -2.51. The van der Waals surface area contributed by atoms with Gasteiger partial charge in [-0.25, -0.2) is 9.59 Å². The molecule has 0 aromatic heterocycles. The molecule has 2 N–H and O–H groups in total. The van der Waals surface area contributed by atoms with E-state index >= 15 is 0 Å². The van der Waals surface area contributed by atoms with Gasteiger partial charge >= 0.3 is 11.9 Å². The van der Waals surface area contributed by atoms with Gasteiger partial charge in [-0.15, -0.1) is 0 Å². The standard InChI is InChI=1S/C4H4O4.Ta/c5-3(6)1-2-4(7)8;/h1-2H,(H,5,6)(H,7,8);/b2-1+;. The number of carbonyl (C=O) groups is 2. The first kappa shape index (κ1) is 11.2. The Bertz CT molecular complexity index is 124. The van der Waals surface area contributed by atoms with E-state index < -0.39 is 11.9 Å². The van der Waals surface area contributed by atoms with Crippen LogP contribution in [0.4, 0.5) is 0 Å². The van der Waals surface area contributed by atoms with Crippen LogP contribution in [-0.4, -0.2) is 22.2 Å². The minimum absolute atomic E-state index is 0. The first-order valence-electron chi connectivity index (χ1n) is 1.77. The zero-order valence-corrected chi connectivity index (χ0v) is 7.53. The van der Waals surface area contributed by atoms with Crippen molar-refractivity contribution in [1.29, 1.82) is 0 Å². The monoisotopic (exact) mass is 297 g/mol. The Morgan fingerprint density at radius 3 is 1.33 bits per heavy atom. The third-order valence-electron chi connectivity index (χ3n) is 0.368. The molecule has 5 heteroatoms. The summed E-state index contributed by atoms with van der Waals surface area (Å²) >= 11 is 0. The summed E-state index contributed by atoms with van der Waals surface area (Å²) in [6, 6.07) is 0. The van der Waals surface area contributed by atoms with E-state index in [4.69, 9.17) is 10.2 Å². The van der Waals surface area contributed by atoms with Crippen LogP contribution in [0.1, 0.15) is 0 Å². The van der Waals surface area contributed by atoms with Crippen molar-refractivity contribution < 1.29 is 42.2 Å². The molecule has 0 aliphatic heterocycles. The van der Waals surface area contributed by atoms with Crippen LogP contribution in [0.5, 0.6) is 0 Å². The van der Waals surface area contributed by atoms with Gasteiger partial charge in [-0.05, 0) is 0 Å². The predicted molar refractivity (Wildman–Crippen MR) is 24.4 cm³/mol. The fraction of sp³-hybridized carbons (Fsp3) is 0. The van der Waals surface area contributed by atoms with Crippen LogP contribution in [0.15, 0.2) is 12.2 Å². The van der Waals surface area contributed by atoms with Crippen molar-refractivity contribution in [2.75, 3.05) is 0 Å². The maximum absolute atomic E-state index is 9.55.